The molecule has 1 aromatic heterocycles. The third-order valence-electron chi connectivity index (χ3n) is 3.65. The largest absolute Gasteiger partial charge is 0.376 e. The normalized spacial score (nSPS) is 17.5. The van der Waals surface area contributed by atoms with Gasteiger partial charge < -0.3 is 4.74 Å². The molecular formula is C14H16N4O4S. The number of hydrogen-bond acceptors (Lipinski definition) is 6. The Morgan fingerprint density at radius 3 is 2.87 bits per heavy atom. The van der Waals surface area contributed by atoms with E-state index in [2.05, 4.69) is 10.2 Å². The van der Waals surface area contributed by atoms with Crippen molar-refractivity contribution in [2.24, 2.45) is 0 Å². The second-order valence-electron chi connectivity index (χ2n) is 5.27. The summed E-state index contributed by atoms with van der Waals surface area (Å²) in [5.74, 6) is 0.577. The Balaban J connectivity index is 1.65. The molecule has 1 aromatic carbocycles. The van der Waals surface area contributed by atoms with Gasteiger partial charge in [-0.2, -0.15) is 0 Å². The molecule has 0 radical (unpaired) electrons. The van der Waals surface area contributed by atoms with Gasteiger partial charge in [0.25, 0.3) is 5.69 Å². The molecule has 9 heteroatoms. The highest BCUT2D eigenvalue weighted by Crippen LogP contribution is 2.22. The van der Waals surface area contributed by atoms with E-state index in [0.717, 1.165) is 25.0 Å². The molecule has 0 amide bonds. The smallest absolute Gasteiger partial charge is 0.344 e. The molecule has 0 saturated carbocycles. The highest BCUT2D eigenvalue weighted by molar-refractivity contribution is 7.98. The molecule has 0 spiro atoms. The SMILES string of the molecule is O=c1[nH]nc(SCc2ccc([N+](=O)[O-])cc2)n1C[C@@H]1CCCO1. The van der Waals surface area contributed by atoms with Crippen LogP contribution in [-0.4, -0.2) is 32.4 Å². The number of benzene rings is 1. The van der Waals surface area contributed by atoms with Gasteiger partial charge in [0.2, 0.25) is 0 Å². The van der Waals surface area contributed by atoms with Crippen LogP contribution in [0, 0.1) is 10.1 Å². The van der Waals surface area contributed by atoms with Gasteiger partial charge in [-0.15, -0.1) is 5.10 Å². The Morgan fingerprint density at radius 1 is 1.43 bits per heavy atom. The van der Waals surface area contributed by atoms with Gasteiger partial charge in [-0.05, 0) is 18.4 Å². The zero-order valence-corrected chi connectivity index (χ0v) is 13.1. The summed E-state index contributed by atoms with van der Waals surface area (Å²) in [6, 6.07) is 6.36. The number of non-ortho nitro benzene ring substituents is 1. The molecule has 1 aliphatic heterocycles. The number of rotatable bonds is 6. The second-order valence-corrected chi connectivity index (χ2v) is 6.21. The van der Waals surface area contributed by atoms with Gasteiger partial charge >= 0.3 is 5.69 Å². The number of aromatic nitrogens is 3. The predicted molar refractivity (Wildman–Crippen MR) is 84.5 cm³/mol. The predicted octanol–water partition coefficient (Wildman–Crippen LogP) is 1.95. The van der Waals surface area contributed by atoms with E-state index in [1.807, 2.05) is 0 Å². The van der Waals surface area contributed by atoms with Crippen molar-refractivity contribution < 1.29 is 9.66 Å². The summed E-state index contributed by atoms with van der Waals surface area (Å²) in [6.45, 7) is 1.24. The number of nitrogens with zero attached hydrogens (tertiary/aromatic N) is 3. The van der Waals surface area contributed by atoms with E-state index in [-0.39, 0.29) is 17.5 Å². The average molecular weight is 336 g/mol. The van der Waals surface area contributed by atoms with Gasteiger partial charge in [-0.25, -0.2) is 9.89 Å². The van der Waals surface area contributed by atoms with E-state index in [1.54, 1.807) is 16.7 Å². The van der Waals surface area contributed by atoms with E-state index in [9.17, 15) is 14.9 Å². The maximum Gasteiger partial charge on any atom is 0.344 e. The lowest BCUT2D eigenvalue weighted by Gasteiger charge is -2.10. The molecule has 8 nitrogen and oxygen atoms in total. The van der Waals surface area contributed by atoms with Crippen LogP contribution in [0.4, 0.5) is 5.69 Å². The van der Waals surface area contributed by atoms with Crippen LogP contribution in [0.5, 0.6) is 0 Å². The molecule has 1 aliphatic rings. The van der Waals surface area contributed by atoms with Crippen LogP contribution in [-0.2, 0) is 17.0 Å². The first-order chi connectivity index (χ1) is 11.1. The summed E-state index contributed by atoms with van der Waals surface area (Å²) in [6.07, 6.45) is 2.02. The van der Waals surface area contributed by atoms with Crippen molar-refractivity contribution in [3.8, 4) is 0 Å². The maximum absolute atomic E-state index is 11.9. The summed E-state index contributed by atoms with van der Waals surface area (Å²) in [5.41, 5.74) is 0.750. The van der Waals surface area contributed by atoms with Crippen LogP contribution < -0.4 is 5.69 Å². The Hall–Kier alpha value is -2.13. The standard InChI is InChI=1S/C14H16N4O4S/c19-13-15-16-14(17(13)8-12-2-1-7-22-12)23-9-10-3-5-11(6-4-10)18(20)21/h3-6,12H,1-2,7-9H2,(H,15,19)/t12-/m0/s1. The highest BCUT2D eigenvalue weighted by Gasteiger charge is 2.19. The molecule has 23 heavy (non-hydrogen) atoms. The molecule has 1 atom stereocenters. The molecule has 122 valence electrons. The van der Waals surface area contributed by atoms with Crippen molar-refractivity contribution in [2.75, 3.05) is 6.61 Å². The minimum atomic E-state index is -0.427. The number of hydrogen-bond donors (Lipinski definition) is 1. The number of ether oxygens (including phenoxy) is 1. The summed E-state index contributed by atoms with van der Waals surface area (Å²) in [4.78, 5) is 22.1. The number of nitrogens with one attached hydrogen (secondary N) is 1. The molecule has 1 fully saturated rings. The fourth-order valence-electron chi connectivity index (χ4n) is 2.43. The number of thioether (sulfide) groups is 1. The first-order valence-electron chi connectivity index (χ1n) is 7.26. The zero-order valence-electron chi connectivity index (χ0n) is 12.3. The van der Waals surface area contributed by atoms with E-state index in [0.29, 0.717) is 17.5 Å². The molecule has 1 saturated heterocycles. The molecule has 2 heterocycles. The molecule has 1 N–H and O–H groups in total. The Morgan fingerprint density at radius 2 is 2.22 bits per heavy atom. The van der Waals surface area contributed by atoms with Crippen LogP contribution in [0.25, 0.3) is 0 Å². The van der Waals surface area contributed by atoms with E-state index in [4.69, 9.17) is 4.74 Å². The van der Waals surface area contributed by atoms with Crippen molar-refractivity contribution in [3.63, 3.8) is 0 Å². The Labute approximate surface area is 136 Å². The minimum Gasteiger partial charge on any atom is -0.376 e. The summed E-state index contributed by atoms with van der Waals surface area (Å²) in [7, 11) is 0. The third-order valence-corrected chi connectivity index (χ3v) is 4.70. The van der Waals surface area contributed by atoms with E-state index in [1.165, 1.54) is 23.9 Å². The van der Waals surface area contributed by atoms with Gasteiger partial charge in [0.15, 0.2) is 5.16 Å². The summed E-state index contributed by atoms with van der Waals surface area (Å²) in [5, 5.41) is 17.7. The topological polar surface area (TPSA) is 103 Å². The highest BCUT2D eigenvalue weighted by atomic mass is 32.2. The number of aromatic amines is 1. The molecule has 0 aliphatic carbocycles. The second kappa shape index (κ2) is 6.97. The lowest BCUT2D eigenvalue weighted by molar-refractivity contribution is -0.384. The summed E-state index contributed by atoms with van der Waals surface area (Å²) < 4.78 is 7.15. The quantitative estimate of drug-likeness (QED) is 0.491. The lowest BCUT2D eigenvalue weighted by atomic mass is 10.2. The number of nitro groups is 1. The minimum absolute atomic E-state index is 0.0593. The fraction of sp³-hybridized carbons (Fsp3) is 0.429. The third kappa shape index (κ3) is 3.80. The van der Waals surface area contributed by atoms with Crippen LogP contribution in [0.15, 0.2) is 34.2 Å². The Kier molecular flexibility index (Phi) is 4.77. The van der Waals surface area contributed by atoms with Gasteiger partial charge in [0.05, 0.1) is 17.6 Å². The van der Waals surface area contributed by atoms with Crippen molar-refractivity contribution in [3.05, 3.63) is 50.4 Å². The first kappa shape index (κ1) is 15.8. The Bertz CT molecular complexity index is 734. The van der Waals surface area contributed by atoms with Gasteiger partial charge in [-0.1, -0.05) is 23.9 Å². The number of H-pyrrole nitrogens is 1. The van der Waals surface area contributed by atoms with Crippen LogP contribution in [0.3, 0.4) is 0 Å². The van der Waals surface area contributed by atoms with Crippen molar-refractivity contribution in [2.45, 2.75) is 36.4 Å². The van der Waals surface area contributed by atoms with Crippen molar-refractivity contribution in [1.29, 1.82) is 0 Å². The van der Waals surface area contributed by atoms with E-state index < -0.39 is 4.92 Å². The van der Waals surface area contributed by atoms with Crippen molar-refractivity contribution >= 4 is 17.4 Å². The molecule has 0 unspecified atom stereocenters. The molecular weight excluding hydrogens is 320 g/mol. The first-order valence-corrected chi connectivity index (χ1v) is 8.25. The van der Waals surface area contributed by atoms with Crippen LogP contribution >= 0.6 is 11.8 Å². The maximum atomic E-state index is 11.9. The van der Waals surface area contributed by atoms with Gasteiger partial charge in [0.1, 0.15) is 0 Å². The fourth-order valence-corrected chi connectivity index (χ4v) is 3.34. The van der Waals surface area contributed by atoms with Crippen molar-refractivity contribution in [1.82, 2.24) is 14.8 Å². The lowest BCUT2D eigenvalue weighted by Crippen LogP contribution is -2.24. The zero-order chi connectivity index (χ0) is 16.2. The number of nitro benzene ring substituents is 1. The average Bonchev–Trinajstić information content (AvgIpc) is 3.18. The van der Waals surface area contributed by atoms with Crippen LogP contribution in [0.2, 0.25) is 0 Å². The van der Waals surface area contributed by atoms with Gasteiger partial charge in [0, 0.05) is 24.5 Å². The van der Waals surface area contributed by atoms with Gasteiger partial charge in [-0.3, -0.25) is 14.7 Å². The molecule has 2 aromatic rings. The summed E-state index contributed by atoms with van der Waals surface area (Å²) >= 11 is 1.41. The van der Waals surface area contributed by atoms with E-state index >= 15 is 0 Å². The monoisotopic (exact) mass is 336 g/mol. The van der Waals surface area contributed by atoms with Crippen LogP contribution in [0.1, 0.15) is 18.4 Å². The molecule has 3 rings (SSSR count). The molecule has 0 bridgehead atoms.